The van der Waals surface area contributed by atoms with Gasteiger partial charge in [-0.05, 0) is 59.3 Å². The number of imidazole rings is 1. The van der Waals surface area contributed by atoms with Crippen molar-refractivity contribution in [1.82, 2.24) is 44.9 Å². The second kappa shape index (κ2) is 16.4. The maximum absolute atomic E-state index is 13.3. The Hall–Kier alpha value is -7.09. The Morgan fingerprint density at radius 2 is 1.71 bits per heavy atom. The van der Waals surface area contributed by atoms with E-state index in [1.807, 2.05) is 68.6 Å². The van der Waals surface area contributed by atoms with Gasteiger partial charge in [-0.3, -0.25) is 44.2 Å². The number of aromatic nitrogens is 5. The van der Waals surface area contributed by atoms with Gasteiger partial charge < -0.3 is 19.7 Å². The Balaban J connectivity index is 0.00000238. The normalized spacial score (nSPS) is 15.9. The number of pyridine rings is 3. The molecule has 6 aromatic rings. The molecule has 298 valence electrons. The van der Waals surface area contributed by atoms with E-state index in [0.29, 0.717) is 30.0 Å². The predicted molar refractivity (Wildman–Crippen MR) is 220 cm³/mol. The van der Waals surface area contributed by atoms with Crippen LogP contribution in [0, 0.1) is 0 Å². The Morgan fingerprint density at radius 3 is 2.49 bits per heavy atom. The topological polar surface area (TPSA) is 172 Å². The van der Waals surface area contributed by atoms with E-state index >= 15 is 0 Å². The molecule has 2 aromatic carbocycles. The van der Waals surface area contributed by atoms with Crippen molar-refractivity contribution in [2.24, 2.45) is 0 Å². The standard InChI is InChI=1S/C43H37N9O5.C2H6/c1-2-38-48-40(37-23-50(24-53)15-16-51(37)38)29-7-3-5-26-18-34(46-21-31(26)29)27-9-10-33(45-20-27)41(55)47-19-25-13-14-44-35(17-25)28-6-4-8-30-32(28)22-52(43(30)57)36-11-12-39(54)49-42(36)56;1-2/h3-10,13-14,17-18,20-21,24,36H,2,11-12,15-16,19,22-23H2,1H3,(H,47,55)(H,49,54,56);1-2H3. The van der Waals surface area contributed by atoms with Crippen LogP contribution >= 0.6 is 0 Å². The lowest BCUT2D eigenvalue weighted by Gasteiger charge is -2.29. The Kier molecular flexibility index (Phi) is 10.8. The van der Waals surface area contributed by atoms with Gasteiger partial charge in [0.1, 0.15) is 17.6 Å². The monoisotopic (exact) mass is 789 g/mol. The molecule has 1 atom stereocenters. The summed E-state index contributed by atoms with van der Waals surface area (Å²) in [5.74, 6) is -0.385. The number of benzene rings is 2. The molecule has 3 aliphatic rings. The molecule has 0 spiro atoms. The molecule has 2 N–H and O–H groups in total. The molecule has 4 aromatic heterocycles. The molecule has 7 heterocycles. The second-order valence-electron chi connectivity index (χ2n) is 14.4. The van der Waals surface area contributed by atoms with E-state index < -0.39 is 11.9 Å². The van der Waals surface area contributed by atoms with Crippen LogP contribution in [-0.4, -0.2) is 76.9 Å². The number of carbonyl (C=O) groups is 5. The smallest absolute Gasteiger partial charge is 0.270 e. The van der Waals surface area contributed by atoms with Crippen LogP contribution in [-0.2, 0) is 47.0 Å². The van der Waals surface area contributed by atoms with Crippen LogP contribution in [0.1, 0.15) is 77.1 Å². The summed E-state index contributed by atoms with van der Waals surface area (Å²) in [4.78, 5) is 84.5. The highest BCUT2D eigenvalue weighted by Gasteiger charge is 2.40. The van der Waals surface area contributed by atoms with E-state index in [1.165, 1.54) is 4.90 Å². The first-order chi connectivity index (χ1) is 28.8. The molecule has 59 heavy (non-hydrogen) atoms. The summed E-state index contributed by atoms with van der Waals surface area (Å²) < 4.78 is 2.23. The summed E-state index contributed by atoms with van der Waals surface area (Å²) in [5, 5.41) is 7.22. The van der Waals surface area contributed by atoms with Crippen LogP contribution in [0.3, 0.4) is 0 Å². The van der Waals surface area contributed by atoms with Gasteiger partial charge in [0.05, 0.1) is 29.3 Å². The van der Waals surface area contributed by atoms with E-state index in [2.05, 4.69) is 32.1 Å². The number of amides is 5. The predicted octanol–water partition coefficient (Wildman–Crippen LogP) is 5.47. The number of rotatable bonds is 9. The van der Waals surface area contributed by atoms with E-state index in [1.54, 1.807) is 35.5 Å². The van der Waals surface area contributed by atoms with Crippen molar-refractivity contribution in [1.29, 1.82) is 0 Å². The number of hydrogen-bond donors (Lipinski definition) is 2. The number of nitrogens with one attached hydrogen (secondary N) is 2. The minimum atomic E-state index is -0.712. The first-order valence-electron chi connectivity index (χ1n) is 19.9. The molecule has 0 radical (unpaired) electrons. The summed E-state index contributed by atoms with van der Waals surface area (Å²) in [6, 6.07) is 20.0. The van der Waals surface area contributed by atoms with Gasteiger partial charge in [-0.1, -0.05) is 51.1 Å². The molecule has 0 bridgehead atoms. The van der Waals surface area contributed by atoms with Crippen LogP contribution in [0.15, 0.2) is 85.3 Å². The average Bonchev–Trinajstić information content (AvgIpc) is 3.82. The van der Waals surface area contributed by atoms with Gasteiger partial charge in [0, 0.05) is 85.3 Å². The quantitative estimate of drug-likeness (QED) is 0.142. The van der Waals surface area contributed by atoms with Crippen molar-refractivity contribution in [2.75, 3.05) is 6.54 Å². The van der Waals surface area contributed by atoms with Crippen LogP contribution in [0.25, 0.3) is 44.5 Å². The number of aryl methyl sites for hydroxylation is 1. The number of hydrogen-bond acceptors (Lipinski definition) is 9. The van der Waals surface area contributed by atoms with Gasteiger partial charge in [-0.2, -0.15) is 0 Å². The first-order valence-corrected chi connectivity index (χ1v) is 19.9. The summed E-state index contributed by atoms with van der Waals surface area (Å²) >= 11 is 0. The second-order valence-corrected chi connectivity index (χ2v) is 14.4. The number of piperidine rings is 1. The van der Waals surface area contributed by atoms with Crippen molar-refractivity contribution >= 4 is 40.8 Å². The fourth-order valence-electron chi connectivity index (χ4n) is 8.08. The van der Waals surface area contributed by atoms with Crippen molar-refractivity contribution in [3.05, 3.63) is 119 Å². The van der Waals surface area contributed by atoms with Crippen LogP contribution in [0.5, 0.6) is 0 Å². The highest BCUT2D eigenvalue weighted by molar-refractivity contribution is 6.06. The lowest BCUT2D eigenvalue weighted by molar-refractivity contribution is -0.137. The molecule has 14 nitrogen and oxygen atoms in total. The average molecular weight is 790 g/mol. The van der Waals surface area contributed by atoms with E-state index in [9.17, 15) is 24.0 Å². The molecule has 5 amide bonds. The third-order valence-corrected chi connectivity index (χ3v) is 11.0. The van der Waals surface area contributed by atoms with E-state index in [-0.39, 0.29) is 49.3 Å². The summed E-state index contributed by atoms with van der Waals surface area (Å²) in [6.07, 6.45) is 7.30. The Labute approximate surface area is 340 Å². The maximum atomic E-state index is 13.3. The van der Waals surface area contributed by atoms with Gasteiger partial charge in [0.2, 0.25) is 18.2 Å². The van der Waals surface area contributed by atoms with Gasteiger partial charge in [-0.25, -0.2) is 4.98 Å². The highest BCUT2D eigenvalue weighted by atomic mass is 16.2. The zero-order valence-corrected chi connectivity index (χ0v) is 33.1. The van der Waals surface area contributed by atoms with Crippen molar-refractivity contribution in [2.45, 2.75) is 72.3 Å². The summed E-state index contributed by atoms with van der Waals surface area (Å²) in [7, 11) is 0. The largest absolute Gasteiger partial charge is 0.347 e. The molecule has 0 saturated carbocycles. The first kappa shape index (κ1) is 38.8. The Bertz CT molecular complexity index is 2640. The van der Waals surface area contributed by atoms with E-state index in [4.69, 9.17) is 9.97 Å². The zero-order valence-electron chi connectivity index (χ0n) is 33.1. The molecule has 14 heteroatoms. The van der Waals surface area contributed by atoms with Crippen LogP contribution in [0.2, 0.25) is 0 Å². The van der Waals surface area contributed by atoms with Crippen molar-refractivity contribution < 1.29 is 24.0 Å². The van der Waals surface area contributed by atoms with Crippen molar-refractivity contribution in [3.63, 3.8) is 0 Å². The van der Waals surface area contributed by atoms with Gasteiger partial charge >= 0.3 is 0 Å². The maximum Gasteiger partial charge on any atom is 0.270 e. The SMILES string of the molecule is CC.CCc1nc(-c2cccc3cc(-c4ccc(C(=O)NCc5ccnc(-c6cccc7c6CN(C6CCC(=O)NC6=O)C7=O)c5)nc4)ncc23)c2n1CCN(C=O)C2. The van der Waals surface area contributed by atoms with Crippen molar-refractivity contribution in [3.8, 4) is 33.8 Å². The molecule has 1 unspecified atom stereocenters. The molecule has 3 aliphatic heterocycles. The molecule has 0 aliphatic carbocycles. The van der Waals surface area contributed by atoms with Crippen LogP contribution in [0.4, 0.5) is 0 Å². The number of fused-ring (bicyclic) bond motifs is 3. The third-order valence-electron chi connectivity index (χ3n) is 11.0. The van der Waals surface area contributed by atoms with E-state index in [0.717, 1.165) is 75.2 Å². The molecule has 1 fully saturated rings. The lowest BCUT2D eigenvalue weighted by atomic mass is 9.99. The highest BCUT2D eigenvalue weighted by Crippen LogP contribution is 2.36. The summed E-state index contributed by atoms with van der Waals surface area (Å²) in [6.45, 7) is 8.43. The molecular formula is C45H43N9O5. The number of carbonyl (C=O) groups excluding carboxylic acids is 5. The molecule has 1 saturated heterocycles. The van der Waals surface area contributed by atoms with Gasteiger partial charge in [0.15, 0.2) is 0 Å². The Morgan fingerprint density at radius 1 is 0.898 bits per heavy atom. The molecule has 9 rings (SSSR count). The fourth-order valence-corrected chi connectivity index (χ4v) is 8.08. The lowest BCUT2D eigenvalue weighted by Crippen LogP contribution is -2.52. The number of nitrogens with zero attached hydrogens (tertiary/aromatic N) is 7. The third kappa shape index (κ3) is 7.33. The van der Waals surface area contributed by atoms with Crippen LogP contribution < -0.4 is 10.6 Å². The number of imide groups is 1. The van der Waals surface area contributed by atoms with Gasteiger partial charge in [0.25, 0.3) is 11.8 Å². The summed E-state index contributed by atoms with van der Waals surface area (Å²) in [5.41, 5.74) is 8.06. The molecular weight excluding hydrogens is 747 g/mol. The zero-order chi connectivity index (χ0) is 41.2. The van der Waals surface area contributed by atoms with Gasteiger partial charge in [-0.15, -0.1) is 0 Å². The minimum absolute atomic E-state index is 0.182. The minimum Gasteiger partial charge on any atom is -0.347 e. The fraction of sp³-hybridized carbons (Fsp3) is 0.267.